The van der Waals surface area contributed by atoms with Crippen LogP contribution in [0, 0.1) is 0 Å². The fourth-order valence-electron chi connectivity index (χ4n) is 3.54. The number of hydrogen-bond donors (Lipinski definition) is 3. The predicted molar refractivity (Wildman–Crippen MR) is 139 cm³/mol. The van der Waals surface area contributed by atoms with Crippen molar-refractivity contribution in [1.29, 1.82) is 0 Å². The van der Waals surface area contributed by atoms with Crippen molar-refractivity contribution in [2.45, 2.75) is 13.0 Å². The number of carbonyl (C=O) groups is 2. The molecule has 0 atom stereocenters. The second kappa shape index (κ2) is 12.8. The molecule has 0 saturated carbocycles. The first-order valence-electron chi connectivity index (χ1n) is 11.3. The van der Waals surface area contributed by atoms with E-state index in [1.54, 1.807) is 0 Å². The molecule has 0 aliphatic rings. The molecule has 0 aliphatic carbocycles. The standard InChI is InChI=1S/C24H26ClN5.C2H2O4/c1-29(2)15-6-14-26-17-18-9-11-20(12-10-18)30-16-13-21-22(19-7-4-3-5-8-19)27-24(25)28-23(21)30;3-1(4)2(5)6/h3-5,7-13,16,26H,6,14-15,17H2,1-2H3;(H,3,4)(H,5,6). The second-order valence-electron chi connectivity index (χ2n) is 8.24. The van der Waals surface area contributed by atoms with E-state index in [1.807, 2.05) is 42.6 Å². The molecule has 0 saturated heterocycles. The largest absolute Gasteiger partial charge is 0.473 e. The lowest BCUT2D eigenvalue weighted by Gasteiger charge is -2.11. The van der Waals surface area contributed by atoms with Crippen molar-refractivity contribution in [1.82, 2.24) is 24.8 Å². The van der Waals surface area contributed by atoms with E-state index in [0.717, 1.165) is 54.0 Å². The van der Waals surface area contributed by atoms with Gasteiger partial charge in [0.05, 0.1) is 5.69 Å². The van der Waals surface area contributed by atoms with Gasteiger partial charge in [-0.3, -0.25) is 0 Å². The number of benzene rings is 2. The molecule has 2 aromatic carbocycles. The number of carboxylic acids is 2. The van der Waals surface area contributed by atoms with Crippen LogP contribution in [0.5, 0.6) is 0 Å². The lowest BCUT2D eigenvalue weighted by atomic mass is 10.1. The van der Waals surface area contributed by atoms with Gasteiger partial charge in [-0.2, -0.15) is 4.98 Å². The zero-order valence-electron chi connectivity index (χ0n) is 20.1. The number of rotatable bonds is 8. The Morgan fingerprint density at radius 1 is 0.972 bits per heavy atom. The second-order valence-corrected chi connectivity index (χ2v) is 8.58. The van der Waals surface area contributed by atoms with Gasteiger partial charge in [0, 0.05) is 29.4 Å². The Labute approximate surface area is 214 Å². The molecule has 4 rings (SSSR count). The predicted octanol–water partition coefficient (Wildman–Crippen LogP) is 3.94. The molecular formula is C26H28ClN5O4. The minimum absolute atomic E-state index is 0.250. The van der Waals surface area contributed by atoms with E-state index in [0.29, 0.717) is 0 Å². The third kappa shape index (κ3) is 7.35. The molecule has 2 heterocycles. The van der Waals surface area contributed by atoms with Crippen LogP contribution in [-0.2, 0) is 16.1 Å². The summed E-state index contributed by atoms with van der Waals surface area (Å²) in [5.74, 6) is -3.65. The van der Waals surface area contributed by atoms with Crippen LogP contribution >= 0.6 is 11.6 Å². The zero-order chi connectivity index (χ0) is 26.1. The van der Waals surface area contributed by atoms with Gasteiger partial charge in [0.25, 0.3) is 0 Å². The molecule has 3 N–H and O–H groups in total. The van der Waals surface area contributed by atoms with E-state index in [2.05, 4.69) is 63.1 Å². The van der Waals surface area contributed by atoms with Crippen LogP contribution in [0.4, 0.5) is 0 Å². The summed E-state index contributed by atoms with van der Waals surface area (Å²) in [6, 6.07) is 20.7. The third-order valence-corrected chi connectivity index (χ3v) is 5.42. The van der Waals surface area contributed by atoms with Crippen LogP contribution in [0.2, 0.25) is 5.28 Å². The molecule has 10 heteroatoms. The van der Waals surface area contributed by atoms with Gasteiger partial charge < -0.3 is 25.0 Å². The van der Waals surface area contributed by atoms with E-state index >= 15 is 0 Å². The highest BCUT2D eigenvalue weighted by Gasteiger charge is 2.13. The first-order chi connectivity index (χ1) is 17.3. The van der Waals surface area contributed by atoms with Gasteiger partial charge in [-0.1, -0.05) is 42.5 Å². The first kappa shape index (κ1) is 26.8. The zero-order valence-corrected chi connectivity index (χ0v) is 20.8. The average Bonchev–Trinajstić information content (AvgIpc) is 3.28. The highest BCUT2D eigenvalue weighted by Crippen LogP contribution is 2.29. The van der Waals surface area contributed by atoms with Crippen LogP contribution in [0.1, 0.15) is 12.0 Å². The van der Waals surface area contributed by atoms with E-state index < -0.39 is 11.9 Å². The van der Waals surface area contributed by atoms with E-state index in [-0.39, 0.29) is 5.28 Å². The van der Waals surface area contributed by atoms with Gasteiger partial charge in [0.1, 0.15) is 5.65 Å². The molecule has 0 unspecified atom stereocenters. The number of nitrogens with one attached hydrogen (secondary N) is 1. The smallest absolute Gasteiger partial charge is 0.414 e. The molecule has 188 valence electrons. The Balaban J connectivity index is 0.000000538. The topological polar surface area (TPSA) is 121 Å². The number of nitrogens with zero attached hydrogens (tertiary/aromatic N) is 4. The molecular weight excluding hydrogens is 482 g/mol. The molecule has 0 radical (unpaired) electrons. The van der Waals surface area contributed by atoms with Gasteiger partial charge in [-0.15, -0.1) is 0 Å². The van der Waals surface area contributed by atoms with Crippen LogP contribution in [0.3, 0.4) is 0 Å². The number of carboxylic acid groups (broad SMARTS) is 2. The normalized spacial score (nSPS) is 10.8. The molecule has 4 aromatic rings. The van der Waals surface area contributed by atoms with E-state index in [4.69, 9.17) is 31.4 Å². The van der Waals surface area contributed by atoms with Crippen molar-refractivity contribution in [3.8, 4) is 16.9 Å². The fraction of sp³-hybridized carbons (Fsp3) is 0.231. The molecule has 2 aromatic heterocycles. The summed E-state index contributed by atoms with van der Waals surface area (Å²) in [5, 5.41) is 19.5. The van der Waals surface area contributed by atoms with Gasteiger partial charge in [-0.25, -0.2) is 14.6 Å². The van der Waals surface area contributed by atoms with Gasteiger partial charge >= 0.3 is 11.9 Å². The summed E-state index contributed by atoms with van der Waals surface area (Å²) in [7, 11) is 4.20. The molecule has 36 heavy (non-hydrogen) atoms. The van der Waals surface area contributed by atoms with Gasteiger partial charge in [0.15, 0.2) is 0 Å². The molecule has 0 bridgehead atoms. The highest BCUT2D eigenvalue weighted by molar-refractivity contribution is 6.29. The summed E-state index contributed by atoms with van der Waals surface area (Å²) >= 11 is 6.27. The van der Waals surface area contributed by atoms with Crippen molar-refractivity contribution in [3.63, 3.8) is 0 Å². The Morgan fingerprint density at radius 3 is 2.25 bits per heavy atom. The lowest BCUT2D eigenvalue weighted by Crippen LogP contribution is -2.20. The minimum atomic E-state index is -1.82. The fourth-order valence-corrected chi connectivity index (χ4v) is 3.70. The maximum atomic E-state index is 9.10. The van der Waals surface area contributed by atoms with E-state index in [1.165, 1.54) is 5.56 Å². The molecule has 0 fully saturated rings. The van der Waals surface area contributed by atoms with Crippen molar-refractivity contribution in [2.24, 2.45) is 0 Å². The lowest BCUT2D eigenvalue weighted by molar-refractivity contribution is -0.159. The average molecular weight is 510 g/mol. The molecule has 9 nitrogen and oxygen atoms in total. The summed E-state index contributed by atoms with van der Waals surface area (Å²) in [5.41, 5.74) is 5.00. The quantitative estimate of drug-likeness (QED) is 0.185. The van der Waals surface area contributed by atoms with Crippen LogP contribution in [-0.4, -0.2) is 68.8 Å². The van der Waals surface area contributed by atoms with Crippen molar-refractivity contribution in [2.75, 3.05) is 27.2 Å². The van der Waals surface area contributed by atoms with Gasteiger partial charge in [-0.05, 0) is 69.0 Å². The number of aromatic nitrogens is 3. The molecule has 0 aliphatic heterocycles. The molecule has 0 amide bonds. The monoisotopic (exact) mass is 509 g/mol. The summed E-state index contributed by atoms with van der Waals surface area (Å²) in [4.78, 5) is 29.4. The third-order valence-electron chi connectivity index (χ3n) is 5.25. The maximum absolute atomic E-state index is 9.10. The number of aliphatic carboxylic acids is 2. The Bertz CT molecular complexity index is 1300. The van der Waals surface area contributed by atoms with Crippen molar-refractivity contribution >= 4 is 34.6 Å². The number of fused-ring (bicyclic) bond motifs is 1. The number of halogens is 1. The van der Waals surface area contributed by atoms with Crippen molar-refractivity contribution in [3.05, 3.63) is 77.7 Å². The Hall–Kier alpha value is -3.79. The number of hydrogen-bond acceptors (Lipinski definition) is 6. The maximum Gasteiger partial charge on any atom is 0.414 e. The highest BCUT2D eigenvalue weighted by atomic mass is 35.5. The van der Waals surface area contributed by atoms with Gasteiger partial charge in [0.2, 0.25) is 5.28 Å². The van der Waals surface area contributed by atoms with Crippen LogP contribution in [0.15, 0.2) is 66.9 Å². The summed E-state index contributed by atoms with van der Waals surface area (Å²) < 4.78 is 2.06. The van der Waals surface area contributed by atoms with E-state index in [9.17, 15) is 0 Å². The van der Waals surface area contributed by atoms with Crippen molar-refractivity contribution < 1.29 is 19.8 Å². The van der Waals surface area contributed by atoms with Crippen LogP contribution < -0.4 is 5.32 Å². The SMILES string of the molecule is CN(C)CCCNCc1ccc(-n2ccc3c(-c4ccccc4)nc(Cl)nc32)cc1.O=C(O)C(=O)O. The Morgan fingerprint density at radius 2 is 1.64 bits per heavy atom. The Kier molecular flexibility index (Phi) is 9.52. The summed E-state index contributed by atoms with van der Waals surface area (Å²) in [6.45, 7) is 2.98. The molecule has 0 spiro atoms. The first-order valence-corrected chi connectivity index (χ1v) is 11.6. The van der Waals surface area contributed by atoms with Crippen LogP contribution in [0.25, 0.3) is 28.0 Å². The minimum Gasteiger partial charge on any atom is -0.473 e. The summed E-state index contributed by atoms with van der Waals surface area (Å²) in [6.07, 6.45) is 3.17.